The molecule has 0 radical (unpaired) electrons. The van der Waals surface area contributed by atoms with Gasteiger partial charge in [-0.05, 0) is 20.8 Å². The van der Waals surface area contributed by atoms with Crippen LogP contribution in [0.25, 0.3) is 0 Å². The molecule has 0 N–H and O–H groups in total. The minimum absolute atomic E-state index is 0.246. The first kappa shape index (κ1) is 15.5. The van der Waals surface area contributed by atoms with Crippen LogP contribution in [0, 0.1) is 0 Å². The molecular weight excluding hydrogens is 258 g/mol. The van der Waals surface area contributed by atoms with Gasteiger partial charge in [0.2, 0.25) is 0 Å². The average molecular weight is 275 g/mol. The van der Waals surface area contributed by atoms with Crippen LogP contribution in [0.3, 0.4) is 0 Å². The quantitative estimate of drug-likeness (QED) is 0.520. The third-order valence-electron chi connectivity index (χ3n) is 1.54. The number of rotatable bonds is 7. The van der Waals surface area contributed by atoms with Gasteiger partial charge in [-0.25, -0.2) is 0 Å². The SMILES string of the molecule is C=C(C)P(=O)(O[C@@H](C)CCl)O[C@@H](C)CCl. The molecule has 0 aliphatic rings. The maximum absolute atomic E-state index is 12.2. The van der Waals surface area contributed by atoms with Gasteiger partial charge in [-0.1, -0.05) is 6.58 Å². The molecule has 0 saturated heterocycles. The summed E-state index contributed by atoms with van der Waals surface area (Å²) >= 11 is 11.2. The van der Waals surface area contributed by atoms with Gasteiger partial charge in [-0.3, -0.25) is 4.57 Å². The Morgan fingerprint density at radius 2 is 1.60 bits per heavy atom. The smallest absolute Gasteiger partial charge is 0.301 e. The molecule has 0 aliphatic heterocycles. The van der Waals surface area contributed by atoms with Crippen LogP contribution in [0.4, 0.5) is 0 Å². The van der Waals surface area contributed by atoms with Crippen molar-refractivity contribution in [1.29, 1.82) is 0 Å². The summed E-state index contributed by atoms with van der Waals surface area (Å²) in [5.41, 5.74) is 0. The zero-order chi connectivity index (χ0) is 12.1. The fourth-order valence-corrected chi connectivity index (χ4v) is 2.54. The van der Waals surface area contributed by atoms with E-state index in [1.54, 1.807) is 20.8 Å². The third kappa shape index (κ3) is 5.37. The van der Waals surface area contributed by atoms with E-state index in [0.29, 0.717) is 5.31 Å². The summed E-state index contributed by atoms with van der Waals surface area (Å²) in [6, 6.07) is 0. The Balaban J connectivity index is 4.60. The standard InChI is InChI=1S/C9H17Cl2O3P/c1-7(2)15(12,13-8(3)5-10)14-9(4)6-11/h8-9H,1,5-6H2,2-4H3/t8-,9-/m0/s1. The minimum Gasteiger partial charge on any atom is -0.301 e. The molecule has 0 fully saturated rings. The molecule has 0 aliphatic carbocycles. The van der Waals surface area contributed by atoms with Crippen molar-refractivity contribution in [2.45, 2.75) is 33.0 Å². The van der Waals surface area contributed by atoms with Gasteiger partial charge in [0.15, 0.2) is 0 Å². The van der Waals surface area contributed by atoms with Gasteiger partial charge in [-0.2, -0.15) is 0 Å². The normalized spacial score (nSPS) is 16.1. The molecule has 0 unspecified atom stereocenters. The van der Waals surface area contributed by atoms with Crippen LogP contribution >= 0.6 is 30.8 Å². The van der Waals surface area contributed by atoms with Crippen molar-refractivity contribution in [3.05, 3.63) is 11.9 Å². The van der Waals surface area contributed by atoms with E-state index in [9.17, 15) is 4.57 Å². The Morgan fingerprint density at radius 3 is 1.80 bits per heavy atom. The summed E-state index contributed by atoms with van der Waals surface area (Å²) < 4.78 is 22.7. The van der Waals surface area contributed by atoms with Crippen LogP contribution in [0.2, 0.25) is 0 Å². The molecule has 0 bridgehead atoms. The van der Waals surface area contributed by atoms with Crippen molar-refractivity contribution in [3.8, 4) is 0 Å². The summed E-state index contributed by atoms with van der Waals surface area (Å²) in [7, 11) is -3.30. The molecule has 0 rings (SSSR count). The topological polar surface area (TPSA) is 35.5 Å². The molecule has 0 aromatic carbocycles. The van der Waals surface area contributed by atoms with Crippen molar-refractivity contribution < 1.29 is 13.6 Å². The highest BCUT2D eigenvalue weighted by Crippen LogP contribution is 2.57. The molecular formula is C9H17Cl2O3P. The molecule has 0 aromatic rings. The molecule has 90 valence electrons. The van der Waals surface area contributed by atoms with Crippen molar-refractivity contribution in [2.24, 2.45) is 0 Å². The first-order chi connectivity index (χ1) is 6.85. The molecule has 6 heteroatoms. The summed E-state index contributed by atoms with van der Waals surface area (Å²) in [6.45, 7) is 8.64. The Hall–Kier alpha value is 0.470. The second-order valence-corrected chi connectivity index (χ2v) is 6.17. The fraction of sp³-hybridized carbons (Fsp3) is 0.778. The molecule has 3 nitrogen and oxygen atoms in total. The largest absolute Gasteiger partial charge is 0.357 e. The number of halogens is 2. The highest BCUT2D eigenvalue weighted by molar-refractivity contribution is 7.58. The molecule has 0 aromatic heterocycles. The van der Waals surface area contributed by atoms with E-state index in [-0.39, 0.29) is 24.0 Å². The van der Waals surface area contributed by atoms with Crippen LogP contribution in [-0.4, -0.2) is 24.0 Å². The zero-order valence-electron chi connectivity index (χ0n) is 9.20. The van der Waals surface area contributed by atoms with Crippen LogP contribution < -0.4 is 0 Å². The van der Waals surface area contributed by atoms with E-state index in [1.165, 1.54) is 0 Å². The minimum atomic E-state index is -3.30. The van der Waals surface area contributed by atoms with Gasteiger partial charge in [0.25, 0.3) is 0 Å². The van der Waals surface area contributed by atoms with E-state index in [2.05, 4.69) is 6.58 Å². The predicted octanol–water partition coefficient (Wildman–Crippen LogP) is 4.00. The third-order valence-corrected chi connectivity index (χ3v) is 4.62. The lowest BCUT2D eigenvalue weighted by Gasteiger charge is -2.23. The van der Waals surface area contributed by atoms with Crippen molar-refractivity contribution in [2.75, 3.05) is 11.8 Å². The molecule has 0 spiro atoms. The van der Waals surface area contributed by atoms with Crippen LogP contribution in [0.15, 0.2) is 11.9 Å². The monoisotopic (exact) mass is 274 g/mol. The Morgan fingerprint density at radius 1 is 1.27 bits per heavy atom. The lowest BCUT2D eigenvalue weighted by molar-refractivity contribution is 0.150. The van der Waals surface area contributed by atoms with Gasteiger partial charge >= 0.3 is 7.60 Å². The highest BCUT2D eigenvalue weighted by Gasteiger charge is 2.30. The number of allylic oxidation sites excluding steroid dienone is 1. The summed E-state index contributed by atoms with van der Waals surface area (Å²) in [6.07, 6.45) is -0.701. The van der Waals surface area contributed by atoms with Crippen molar-refractivity contribution in [3.63, 3.8) is 0 Å². The molecule has 2 atom stereocenters. The summed E-state index contributed by atoms with van der Waals surface area (Å²) in [4.78, 5) is 0. The van der Waals surface area contributed by atoms with Crippen LogP contribution in [-0.2, 0) is 13.6 Å². The summed E-state index contributed by atoms with van der Waals surface area (Å²) in [5, 5.41) is 0.358. The van der Waals surface area contributed by atoms with Crippen molar-refractivity contribution >= 4 is 30.8 Å². The highest BCUT2D eigenvalue weighted by atomic mass is 35.5. The fourth-order valence-electron chi connectivity index (χ4n) is 0.735. The van der Waals surface area contributed by atoms with Gasteiger partial charge < -0.3 is 9.05 Å². The number of alkyl halides is 2. The number of hydrogen-bond donors (Lipinski definition) is 0. The Bertz CT molecular complexity index is 242. The predicted molar refractivity (Wildman–Crippen MR) is 65.0 cm³/mol. The molecule has 0 amide bonds. The zero-order valence-corrected chi connectivity index (χ0v) is 11.6. The molecule has 0 heterocycles. The van der Waals surface area contributed by atoms with Gasteiger partial charge in [-0.15, -0.1) is 23.2 Å². The maximum Gasteiger partial charge on any atom is 0.357 e. The van der Waals surface area contributed by atoms with Crippen molar-refractivity contribution in [1.82, 2.24) is 0 Å². The van der Waals surface area contributed by atoms with Gasteiger partial charge in [0.1, 0.15) is 0 Å². The van der Waals surface area contributed by atoms with E-state index >= 15 is 0 Å². The first-order valence-corrected chi connectivity index (χ1v) is 7.21. The molecule has 15 heavy (non-hydrogen) atoms. The Labute approximate surface area is 101 Å². The van der Waals surface area contributed by atoms with Crippen LogP contribution in [0.5, 0.6) is 0 Å². The second-order valence-electron chi connectivity index (χ2n) is 3.37. The maximum atomic E-state index is 12.2. The van der Waals surface area contributed by atoms with Crippen LogP contribution in [0.1, 0.15) is 20.8 Å². The average Bonchev–Trinajstić information content (AvgIpc) is 2.16. The lowest BCUT2D eigenvalue weighted by Crippen LogP contribution is -2.14. The summed E-state index contributed by atoms with van der Waals surface area (Å²) in [5.74, 6) is 0.492. The van der Waals surface area contributed by atoms with Gasteiger partial charge in [0, 0.05) is 17.1 Å². The molecule has 0 saturated carbocycles. The lowest BCUT2D eigenvalue weighted by atomic mass is 10.5. The Kier molecular flexibility index (Phi) is 7.14. The first-order valence-electron chi connectivity index (χ1n) is 4.60. The van der Waals surface area contributed by atoms with E-state index in [0.717, 1.165) is 0 Å². The van der Waals surface area contributed by atoms with E-state index < -0.39 is 7.60 Å². The van der Waals surface area contributed by atoms with E-state index in [1.807, 2.05) is 0 Å². The number of hydrogen-bond acceptors (Lipinski definition) is 3. The second kappa shape index (κ2) is 6.93. The van der Waals surface area contributed by atoms with E-state index in [4.69, 9.17) is 32.2 Å². The van der Waals surface area contributed by atoms with Gasteiger partial charge in [0.05, 0.1) is 12.2 Å².